The Morgan fingerprint density at radius 3 is 2.00 bits per heavy atom. The molecular weight excluding hydrogens is 396 g/mol. The number of carbonyl (C=O) groups is 3. The van der Waals surface area contributed by atoms with Crippen molar-refractivity contribution in [3.05, 3.63) is 82.9 Å². The van der Waals surface area contributed by atoms with E-state index in [-0.39, 0.29) is 12.5 Å². The number of amides is 1. The van der Waals surface area contributed by atoms with Gasteiger partial charge in [-0.3, -0.25) is 4.79 Å². The van der Waals surface area contributed by atoms with Crippen LogP contribution >= 0.6 is 11.6 Å². The molecule has 0 radical (unpaired) electrons. The minimum absolute atomic E-state index is 0.0368. The minimum Gasteiger partial charge on any atom is -0.478 e. The molecule has 0 aromatic heterocycles. The number of rotatable bonds is 7. The Bertz CT molecular complexity index is 854. The van der Waals surface area contributed by atoms with Crippen LogP contribution in [-0.2, 0) is 26.3 Å². The van der Waals surface area contributed by atoms with E-state index in [1.807, 2.05) is 61.5 Å². The Hall–Kier alpha value is -3.16. The van der Waals surface area contributed by atoms with E-state index in [4.69, 9.17) is 27.5 Å². The Balaban J connectivity index is 0.000000447. The van der Waals surface area contributed by atoms with Crippen molar-refractivity contribution in [3.63, 3.8) is 0 Å². The van der Waals surface area contributed by atoms with Crippen LogP contribution < -0.4 is 11.1 Å². The topological polar surface area (TPSA) is 130 Å². The molecule has 0 aliphatic carbocycles. The largest absolute Gasteiger partial charge is 0.478 e. The van der Waals surface area contributed by atoms with Gasteiger partial charge in [-0.05, 0) is 24.1 Å². The molecule has 0 spiro atoms. The average Bonchev–Trinajstić information content (AvgIpc) is 2.69. The number of carbonyl (C=O) groups excluding carboxylic acids is 1. The fourth-order valence-electron chi connectivity index (χ4n) is 2.55. The number of benzene rings is 2. The van der Waals surface area contributed by atoms with Gasteiger partial charge in [-0.1, -0.05) is 60.1 Å². The van der Waals surface area contributed by atoms with Crippen LogP contribution in [0.2, 0.25) is 5.02 Å². The van der Waals surface area contributed by atoms with E-state index in [9.17, 15) is 14.4 Å². The third-order valence-corrected chi connectivity index (χ3v) is 4.25. The summed E-state index contributed by atoms with van der Waals surface area (Å²) < 4.78 is 0. The van der Waals surface area contributed by atoms with Crippen molar-refractivity contribution >= 4 is 29.4 Å². The van der Waals surface area contributed by atoms with Crippen molar-refractivity contribution < 1.29 is 24.6 Å². The van der Waals surface area contributed by atoms with Gasteiger partial charge in [0, 0.05) is 23.6 Å². The fourth-order valence-corrected chi connectivity index (χ4v) is 2.75. The highest BCUT2D eigenvalue weighted by Gasteiger charge is 2.29. The quantitative estimate of drug-likeness (QED) is 0.511. The van der Waals surface area contributed by atoms with E-state index in [1.165, 1.54) is 0 Å². The van der Waals surface area contributed by atoms with Gasteiger partial charge in [0.25, 0.3) is 0 Å². The molecule has 2 aromatic carbocycles. The molecule has 0 bridgehead atoms. The van der Waals surface area contributed by atoms with Crippen molar-refractivity contribution in [2.24, 2.45) is 5.73 Å². The molecule has 7 nitrogen and oxygen atoms in total. The van der Waals surface area contributed by atoms with E-state index in [1.54, 1.807) is 0 Å². The lowest BCUT2D eigenvalue weighted by Crippen LogP contribution is -2.47. The Kier molecular flexibility index (Phi) is 9.58. The maximum absolute atomic E-state index is 11.8. The van der Waals surface area contributed by atoms with Crippen LogP contribution in [0.5, 0.6) is 0 Å². The molecule has 1 atom stereocenters. The van der Waals surface area contributed by atoms with Crippen LogP contribution in [-0.4, -0.2) is 34.6 Å². The van der Waals surface area contributed by atoms with Gasteiger partial charge < -0.3 is 21.3 Å². The molecule has 8 heteroatoms. The van der Waals surface area contributed by atoms with Gasteiger partial charge in [-0.15, -0.1) is 0 Å². The molecule has 5 N–H and O–H groups in total. The molecule has 2 aromatic rings. The zero-order valence-corrected chi connectivity index (χ0v) is 16.6. The summed E-state index contributed by atoms with van der Waals surface area (Å²) in [6.07, 6.45) is 1.72. The number of nitrogens with one attached hydrogen (secondary N) is 1. The standard InChI is InChI=1S/C17H19ClN2O.C4H4O4/c1-17(20-16(21)12-19,14-8-3-2-4-9-14)11-13-7-5-6-10-15(13)18;5-3(6)1-2-4(7)8/h2-10H,11-12,19H2,1H3,(H,20,21);1-2H,(H,5,6)(H,7,8)/b;2-1-. The molecule has 0 saturated carbocycles. The van der Waals surface area contributed by atoms with E-state index in [0.717, 1.165) is 11.1 Å². The molecule has 2 rings (SSSR count). The van der Waals surface area contributed by atoms with Gasteiger partial charge in [-0.25, -0.2) is 9.59 Å². The third kappa shape index (κ3) is 8.59. The summed E-state index contributed by atoms with van der Waals surface area (Å²) in [7, 11) is 0. The Morgan fingerprint density at radius 1 is 1.00 bits per heavy atom. The van der Waals surface area contributed by atoms with Crippen LogP contribution in [0.3, 0.4) is 0 Å². The Morgan fingerprint density at radius 2 is 1.52 bits per heavy atom. The molecular formula is C21H23ClN2O5. The Labute approximate surface area is 173 Å². The summed E-state index contributed by atoms with van der Waals surface area (Å²) in [6.45, 7) is 1.95. The first kappa shape index (κ1) is 23.9. The number of halogens is 1. The normalized spacial score (nSPS) is 12.4. The minimum atomic E-state index is -1.26. The van der Waals surface area contributed by atoms with Gasteiger partial charge >= 0.3 is 11.9 Å². The number of aliphatic carboxylic acids is 2. The summed E-state index contributed by atoms with van der Waals surface area (Å²) in [5, 5.41) is 19.3. The zero-order valence-electron chi connectivity index (χ0n) is 15.8. The molecule has 29 heavy (non-hydrogen) atoms. The first-order valence-electron chi connectivity index (χ1n) is 8.62. The third-order valence-electron chi connectivity index (χ3n) is 3.88. The van der Waals surface area contributed by atoms with E-state index in [2.05, 4.69) is 5.32 Å². The lowest BCUT2D eigenvalue weighted by molar-refractivity contribution is -0.134. The SMILES string of the molecule is CC(Cc1ccccc1Cl)(NC(=O)CN)c1ccccc1.O=C(O)/C=C\C(=O)O. The molecule has 0 heterocycles. The highest BCUT2D eigenvalue weighted by Crippen LogP contribution is 2.28. The average molecular weight is 419 g/mol. The van der Waals surface area contributed by atoms with Crippen LogP contribution in [0.4, 0.5) is 0 Å². The maximum atomic E-state index is 11.8. The molecule has 0 aliphatic rings. The van der Waals surface area contributed by atoms with Crippen molar-refractivity contribution in [1.29, 1.82) is 0 Å². The summed E-state index contributed by atoms with van der Waals surface area (Å²) in [5.41, 5.74) is 6.90. The number of hydrogen-bond acceptors (Lipinski definition) is 4. The number of carboxylic acids is 2. The van der Waals surface area contributed by atoms with Crippen LogP contribution in [0.25, 0.3) is 0 Å². The number of carboxylic acid groups (broad SMARTS) is 2. The molecule has 0 fully saturated rings. The first-order valence-corrected chi connectivity index (χ1v) is 8.99. The van der Waals surface area contributed by atoms with Crippen LogP contribution in [0.1, 0.15) is 18.1 Å². The number of nitrogens with two attached hydrogens (primary N) is 1. The molecule has 1 amide bonds. The lowest BCUT2D eigenvalue weighted by Gasteiger charge is -2.32. The summed E-state index contributed by atoms with van der Waals surface area (Å²) in [6, 6.07) is 17.5. The van der Waals surface area contributed by atoms with Crippen LogP contribution in [0.15, 0.2) is 66.7 Å². The van der Waals surface area contributed by atoms with Crippen LogP contribution in [0, 0.1) is 0 Å². The molecule has 154 valence electrons. The maximum Gasteiger partial charge on any atom is 0.328 e. The molecule has 0 saturated heterocycles. The lowest BCUT2D eigenvalue weighted by atomic mass is 9.85. The van der Waals surface area contributed by atoms with Crippen molar-refractivity contribution in [1.82, 2.24) is 5.32 Å². The van der Waals surface area contributed by atoms with Crippen molar-refractivity contribution in [2.75, 3.05) is 6.54 Å². The van der Waals surface area contributed by atoms with Gasteiger partial charge in [0.15, 0.2) is 0 Å². The van der Waals surface area contributed by atoms with Gasteiger partial charge in [-0.2, -0.15) is 0 Å². The van der Waals surface area contributed by atoms with E-state index >= 15 is 0 Å². The monoisotopic (exact) mass is 418 g/mol. The fraction of sp³-hybridized carbons (Fsp3) is 0.190. The number of hydrogen-bond donors (Lipinski definition) is 4. The van der Waals surface area contributed by atoms with Gasteiger partial charge in [0.2, 0.25) is 5.91 Å². The second-order valence-electron chi connectivity index (χ2n) is 6.23. The summed E-state index contributed by atoms with van der Waals surface area (Å²) in [4.78, 5) is 30.9. The van der Waals surface area contributed by atoms with E-state index in [0.29, 0.717) is 23.6 Å². The van der Waals surface area contributed by atoms with E-state index < -0.39 is 17.5 Å². The van der Waals surface area contributed by atoms with Crippen molar-refractivity contribution in [3.8, 4) is 0 Å². The second-order valence-corrected chi connectivity index (χ2v) is 6.64. The van der Waals surface area contributed by atoms with Crippen molar-refractivity contribution in [2.45, 2.75) is 18.9 Å². The molecule has 1 unspecified atom stereocenters. The molecule has 0 aliphatic heterocycles. The summed E-state index contributed by atoms with van der Waals surface area (Å²) >= 11 is 6.25. The highest BCUT2D eigenvalue weighted by atomic mass is 35.5. The van der Waals surface area contributed by atoms with Gasteiger partial charge in [0.05, 0.1) is 12.1 Å². The van der Waals surface area contributed by atoms with Gasteiger partial charge in [0.1, 0.15) is 0 Å². The zero-order chi connectivity index (χ0) is 21.9. The highest BCUT2D eigenvalue weighted by molar-refractivity contribution is 6.31. The predicted molar refractivity (Wildman–Crippen MR) is 111 cm³/mol. The summed E-state index contributed by atoms with van der Waals surface area (Å²) in [5.74, 6) is -2.70. The smallest absolute Gasteiger partial charge is 0.328 e. The predicted octanol–water partition coefficient (Wildman–Crippen LogP) is 2.58. The first-order chi connectivity index (χ1) is 13.7. The second kappa shape index (κ2) is 11.6.